The van der Waals surface area contributed by atoms with Crippen LogP contribution in [-0.2, 0) is 4.79 Å². The van der Waals surface area contributed by atoms with Crippen LogP contribution in [0.1, 0.15) is 0 Å². The van der Waals surface area contributed by atoms with Crippen LogP contribution in [0.4, 0.5) is 13.2 Å². The van der Waals surface area contributed by atoms with Crippen molar-refractivity contribution in [3.63, 3.8) is 0 Å². The zero-order valence-corrected chi connectivity index (χ0v) is 5.01. The number of nitrogens with zero attached hydrogens (tertiary/aromatic N) is 1. The lowest BCUT2D eigenvalue weighted by Crippen LogP contribution is -2.51. The summed E-state index contributed by atoms with van der Waals surface area (Å²) in [5, 5.41) is 10.2. The van der Waals surface area contributed by atoms with Gasteiger partial charge in [-0.05, 0) is 0 Å². The van der Waals surface area contributed by atoms with Crippen LogP contribution < -0.4 is 5.32 Å². The minimum absolute atomic E-state index is 0.510. The number of nitrogens with one attached hydrogen (secondary N) is 1. The molecular formula is C4H3F3N2O2. The molecule has 2 N–H and O–H groups in total. The SMILES string of the molecule is O=C1NC=NC1(O)C(F)(F)F. The number of carbonyl (C=O) groups is 1. The molecule has 0 aromatic carbocycles. The van der Waals surface area contributed by atoms with Gasteiger partial charge in [-0.3, -0.25) is 4.79 Å². The van der Waals surface area contributed by atoms with Crippen molar-refractivity contribution < 1.29 is 23.1 Å². The standard InChI is InChI=1S/C4H3F3N2O2/c5-4(6,7)3(11)2(10)8-1-9-3/h1,11H,(H,8,9,10). The van der Waals surface area contributed by atoms with Crippen molar-refractivity contribution in [3.8, 4) is 0 Å². The van der Waals surface area contributed by atoms with Crippen LogP contribution in [0.25, 0.3) is 0 Å². The van der Waals surface area contributed by atoms with Gasteiger partial charge in [-0.15, -0.1) is 0 Å². The van der Waals surface area contributed by atoms with Gasteiger partial charge in [-0.25, -0.2) is 4.99 Å². The summed E-state index contributed by atoms with van der Waals surface area (Å²) in [4.78, 5) is 12.9. The highest BCUT2D eigenvalue weighted by Crippen LogP contribution is 2.32. The minimum Gasteiger partial charge on any atom is -0.355 e. The van der Waals surface area contributed by atoms with Crippen LogP contribution in [0.15, 0.2) is 4.99 Å². The minimum atomic E-state index is -5.07. The van der Waals surface area contributed by atoms with E-state index < -0.39 is 17.8 Å². The number of rotatable bonds is 0. The second-order valence-electron chi connectivity index (χ2n) is 1.90. The van der Waals surface area contributed by atoms with Gasteiger partial charge in [-0.1, -0.05) is 0 Å². The highest BCUT2D eigenvalue weighted by Gasteiger charge is 2.61. The van der Waals surface area contributed by atoms with Crippen LogP contribution in [0.3, 0.4) is 0 Å². The molecule has 1 aliphatic rings. The van der Waals surface area contributed by atoms with Gasteiger partial charge < -0.3 is 10.4 Å². The monoisotopic (exact) mass is 168 g/mol. The Kier molecular flexibility index (Phi) is 1.41. The first-order valence-corrected chi connectivity index (χ1v) is 2.52. The molecule has 1 heterocycles. The van der Waals surface area contributed by atoms with Crippen LogP contribution in [-0.4, -0.2) is 29.3 Å². The third kappa shape index (κ3) is 0.967. The highest BCUT2D eigenvalue weighted by molar-refractivity contribution is 5.99. The predicted molar refractivity (Wildman–Crippen MR) is 27.6 cm³/mol. The largest absolute Gasteiger partial charge is 0.448 e. The first kappa shape index (κ1) is 7.99. The molecule has 0 spiro atoms. The maximum Gasteiger partial charge on any atom is 0.448 e. The zero-order chi connectivity index (χ0) is 8.70. The third-order valence-electron chi connectivity index (χ3n) is 1.16. The Hall–Kier alpha value is -1.11. The van der Waals surface area contributed by atoms with E-state index in [0.717, 1.165) is 0 Å². The fourth-order valence-electron chi connectivity index (χ4n) is 0.546. The van der Waals surface area contributed by atoms with Gasteiger partial charge in [0.1, 0.15) is 0 Å². The normalized spacial score (nSPS) is 30.7. The van der Waals surface area contributed by atoms with E-state index in [0.29, 0.717) is 6.34 Å². The fourth-order valence-corrected chi connectivity index (χ4v) is 0.546. The van der Waals surface area contributed by atoms with Crippen LogP contribution in [0, 0.1) is 0 Å². The van der Waals surface area contributed by atoms with Gasteiger partial charge in [0.15, 0.2) is 0 Å². The lowest BCUT2D eigenvalue weighted by atomic mass is 10.2. The number of aliphatic imine (C=N–C) groups is 1. The maximum absolute atomic E-state index is 11.8. The first-order chi connectivity index (χ1) is 4.88. The van der Waals surface area contributed by atoms with Crippen molar-refractivity contribution in [2.24, 2.45) is 4.99 Å². The number of hydrogen-bond acceptors (Lipinski definition) is 3. The van der Waals surface area contributed by atoms with Gasteiger partial charge in [0.05, 0.1) is 6.34 Å². The molecule has 0 fully saturated rings. The average Bonchev–Trinajstić information content (AvgIpc) is 2.12. The molecule has 0 bridgehead atoms. The van der Waals surface area contributed by atoms with Gasteiger partial charge in [0.2, 0.25) is 0 Å². The van der Waals surface area contributed by atoms with E-state index in [1.165, 1.54) is 0 Å². The molecule has 11 heavy (non-hydrogen) atoms. The molecule has 1 aliphatic heterocycles. The second-order valence-corrected chi connectivity index (χ2v) is 1.90. The molecule has 0 aliphatic carbocycles. The van der Waals surface area contributed by atoms with Crippen LogP contribution >= 0.6 is 0 Å². The number of amides is 1. The Bertz CT molecular complexity index is 224. The van der Waals surface area contributed by atoms with E-state index in [1.54, 1.807) is 5.32 Å². The van der Waals surface area contributed by atoms with Crippen molar-refractivity contribution in [3.05, 3.63) is 0 Å². The zero-order valence-electron chi connectivity index (χ0n) is 5.01. The highest BCUT2D eigenvalue weighted by atomic mass is 19.4. The molecular weight excluding hydrogens is 165 g/mol. The van der Waals surface area contributed by atoms with Crippen LogP contribution in [0.2, 0.25) is 0 Å². The molecule has 1 amide bonds. The van der Waals surface area contributed by atoms with E-state index in [9.17, 15) is 18.0 Å². The Morgan fingerprint density at radius 2 is 2.18 bits per heavy atom. The van der Waals surface area contributed by atoms with Crippen molar-refractivity contribution in [2.45, 2.75) is 11.9 Å². The molecule has 0 aromatic heterocycles. The molecule has 7 heteroatoms. The Labute approximate surface area is 58.7 Å². The van der Waals surface area contributed by atoms with E-state index in [4.69, 9.17) is 5.11 Å². The summed E-state index contributed by atoms with van der Waals surface area (Å²) in [6, 6.07) is 0. The molecule has 0 saturated heterocycles. The average molecular weight is 168 g/mol. The molecule has 4 nitrogen and oxygen atoms in total. The number of aliphatic hydroxyl groups is 1. The van der Waals surface area contributed by atoms with Crippen molar-refractivity contribution in [1.29, 1.82) is 0 Å². The summed E-state index contributed by atoms with van der Waals surface area (Å²) in [6.07, 6.45) is -4.56. The summed E-state index contributed by atoms with van der Waals surface area (Å²) in [6.45, 7) is 0. The Balaban J connectivity index is 2.99. The summed E-state index contributed by atoms with van der Waals surface area (Å²) < 4.78 is 35.3. The fraction of sp³-hybridized carbons (Fsp3) is 0.500. The van der Waals surface area contributed by atoms with Crippen LogP contribution in [0.5, 0.6) is 0 Å². The van der Waals surface area contributed by atoms with E-state index in [-0.39, 0.29) is 0 Å². The van der Waals surface area contributed by atoms with E-state index in [2.05, 4.69) is 4.99 Å². The molecule has 0 saturated carbocycles. The molecule has 0 aromatic rings. The van der Waals surface area contributed by atoms with Gasteiger partial charge in [0.25, 0.3) is 5.91 Å². The van der Waals surface area contributed by atoms with Gasteiger partial charge in [-0.2, -0.15) is 13.2 Å². The predicted octanol–water partition coefficient (Wildman–Crippen LogP) is -0.605. The number of halogens is 3. The van der Waals surface area contributed by atoms with E-state index >= 15 is 0 Å². The topological polar surface area (TPSA) is 61.7 Å². The van der Waals surface area contributed by atoms with E-state index in [1.807, 2.05) is 0 Å². The van der Waals surface area contributed by atoms with Crippen molar-refractivity contribution in [2.75, 3.05) is 0 Å². The maximum atomic E-state index is 11.8. The summed E-state index contributed by atoms with van der Waals surface area (Å²) in [7, 11) is 0. The molecule has 1 rings (SSSR count). The third-order valence-corrected chi connectivity index (χ3v) is 1.16. The smallest absolute Gasteiger partial charge is 0.355 e. The lowest BCUT2D eigenvalue weighted by molar-refractivity contribution is -0.245. The Morgan fingerprint density at radius 1 is 1.64 bits per heavy atom. The number of hydrogen-bond donors (Lipinski definition) is 2. The number of alkyl halides is 3. The quantitative estimate of drug-likeness (QED) is 0.507. The molecule has 1 unspecified atom stereocenters. The molecule has 0 radical (unpaired) electrons. The summed E-state index contributed by atoms with van der Waals surface area (Å²) in [5.74, 6) is -1.58. The second kappa shape index (κ2) is 1.94. The van der Waals surface area contributed by atoms with Crippen molar-refractivity contribution >= 4 is 12.2 Å². The Morgan fingerprint density at radius 3 is 2.36 bits per heavy atom. The molecule has 1 atom stereocenters. The number of carbonyl (C=O) groups excluding carboxylic acids is 1. The van der Waals surface area contributed by atoms with Gasteiger partial charge in [0, 0.05) is 0 Å². The first-order valence-electron chi connectivity index (χ1n) is 2.52. The van der Waals surface area contributed by atoms with Crippen molar-refractivity contribution in [1.82, 2.24) is 5.32 Å². The summed E-state index contributed by atoms with van der Waals surface area (Å²) >= 11 is 0. The summed E-state index contributed by atoms with van der Waals surface area (Å²) in [5.41, 5.74) is -3.59. The lowest BCUT2D eigenvalue weighted by Gasteiger charge is -2.18. The molecule has 62 valence electrons. The van der Waals surface area contributed by atoms with Gasteiger partial charge >= 0.3 is 11.9 Å².